The van der Waals surface area contributed by atoms with E-state index in [4.69, 9.17) is 11.5 Å². The van der Waals surface area contributed by atoms with Crippen molar-refractivity contribution in [3.05, 3.63) is 11.1 Å². The molecule has 1 aliphatic carbocycles. The predicted octanol–water partition coefficient (Wildman–Crippen LogP) is 0.955. The quantitative estimate of drug-likeness (QED) is 0.819. The molecule has 4 N–H and O–H groups in total. The zero-order valence-corrected chi connectivity index (χ0v) is 10.6. The Bertz CT molecular complexity index is 387. The van der Waals surface area contributed by atoms with E-state index in [9.17, 15) is 4.79 Å². The Morgan fingerprint density at radius 2 is 2.24 bits per heavy atom. The summed E-state index contributed by atoms with van der Waals surface area (Å²) in [5, 5.41) is 0.574. The number of nitrogens with two attached hydrogens (primary N) is 2. The molecule has 0 atom stereocenters. The van der Waals surface area contributed by atoms with Gasteiger partial charge in [0.15, 0.2) is 5.13 Å². The first kappa shape index (κ1) is 12.3. The summed E-state index contributed by atoms with van der Waals surface area (Å²) in [5.41, 5.74) is 10.9. The zero-order valence-electron chi connectivity index (χ0n) is 9.76. The fourth-order valence-corrected chi connectivity index (χ4v) is 3.09. The van der Waals surface area contributed by atoms with Crippen LogP contribution >= 0.6 is 11.3 Å². The third-order valence-electron chi connectivity index (χ3n) is 3.13. The molecular weight excluding hydrogens is 236 g/mol. The summed E-state index contributed by atoms with van der Waals surface area (Å²) >= 11 is 1.47. The molecular formula is C11H18N4OS. The molecule has 1 heterocycles. The molecule has 0 saturated heterocycles. The smallest absolute Gasteiger partial charge is 0.231 e. The fraction of sp³-hybridized carbons (Fsp3) is 0.636. The Morgan fingerprint density at radius 3 is 2.76 bits per heavy atom. The Labute approximate surface area is 105 Å². The summed E-state index contributed by atoms with van der Waals surface area (Å²) in [5.74, 6) is -0.269. The first-order valence-electron chi connectivity index (χ1n) is 5.87. The number of thiazole rings is 1. The molecule has 94 valence electrons. The second-order valence-corrected chi connectivity index (χ2v) is 5.62. The number of nitrogen functional groups attached to an aromatic ring is 1. The van der Waals surface area contributed by atoms with E-state index in [0.29, 0.717) is 17.7 Å². The predicted molar refractivity (Wildman–Crippen MR) is 68.4 cm³/mol. The minimum atomic E-state index is -0.269. The average Bonchev–Trinajstić information content (AvgIpc) is 2.87. The lowest BCUT2D eigenvalue weighted by Crippen LogP contribution is -2.39. The SMILES string of the molecule is NC(=O)CN(Cc1cnc(N)s1)C1CCCC1. The largest absolute Gasteiger partial charge is 0.375 e. The highest BCUT2D eigenvalue weighted by atomic mass is 32.1. The van der Waals surface area contributed by atoms with Gasteiger partial charge in [-0.3, -0.25) is 9.69 Å². The van der Waals surface area contributed by atoms with Crippen molar-refractivity contribution in [3.8, 4) is 0 Å². The van der Waals surface area contributed by atoms with Crippen LogP contribution in [-0.2, 0) is 11.3 Å². The maximum Gasteiger partial charge on any atom is 0.231 e. The Kier molecular flexibility index (Phi) is 3.96. The lowest BCUT2D eigenvalue weighted by molar-refractivity contribution is -0.119. The number of nitrogens with zero attached hydrogens (tertiary/aromatic N) is 2. The molecule has 1 aromatic heterocycles. The van der Waals surface area contributed by atoms with Gasteiger partial charge in [0.2, 0.25) is 5.91 Å². The number of hydrogen-bond donors (Lipinski definition) is 2. The van der Waals surface area contributed by atoms with Gasteiger partial charge in [0, 0.05) is 23.7 Å². The maximum atomic E-state index is 11.1. The number of anilines is 1. The number of amides is 1. The van der Waals surface area contributed by atoms with E-state index in [1.807, 2.05) is 0 Å². The van der Waals surface area contributed by atoms with Crippen molar-refractivity contribution in [2.45, 2.75) is 38.3 Å². The zero-order chi connectivity index (χ0) is 12.3. The van der Waals surface area contributed by atoms with Gasteiger partial charge in [0.05, 0.1) is 6.54 Å². The number of carbonyl (C=O) groups is 1. The van der Waals surface area contributed by atoms with E-state index in [2.05, 4.69) is 9.88 Å². The van der Waals surface area contributed by atoms with E-state index in [1.165, 1.54) is 24.2 Å². The maximum absolute atomic E-state index is 11.1. The van der Waals surface area contributed by atoms with Gasteiger partial charge in [-0.2, -0.15) is 0 Å². The van der Waals surface area contributed by atoms with Crippen molar-refractivity contribution in [2.75, 3.05) is 12.3 Å². The lowest BCUT2D eigenvalue weighted by atomic mass is 10.2. The summed E-state index contributed by atoms with van der Waals surface area (Å²) in [6.45, 7) is 1.05. The van der Waals surface area contributed by atoms with E-state index < -0.39 is 0 Å². The van der Waals surface area contributed by atoms with Crippen LogP contribution in [0, 0.1) is 0 Å². The van der Waals surface area contributed by atoms with Crippen molar-refractivity contribution in [2.24, 2.45) is 5.73 Å². The standard InChI is InChI=1S/C11H18N4OS/c12-10(16)7-15(8-3-1-2-4-8)6-9-5-14-11(13)17-9/h5,8H,1-4,6-7H2,(H2,12,16)(H2,13,14). The molecule has 2 rings (SSSR count). The number of rotatable bonds is 5. The molecule has 0 spiro atoms. The van der Waals surface area contributed by atoms with Crippen LogP contribution in [0.5, 0.6) is 0 Å². The fourth-order valence-electron chi connectivity index (χ4n) is 2.38. The molecule has 0 aromatic carbocycles. The molecule has 5 nitrogen and oxygen atoms in total. The van der Waals surface area contributed by atoms with Crippen LogP contribution in [0.1, 0.15) is 30.6 Å². The second kappa shape index (κ2) is 5.46. The molecule has 0 bridgehead atoms. The van der Waals surface area contributed by atoms with E-state index in [0.717, 1.165) is 24.3 Å². The van der Waals surface area contributed by atoms with Crippen molar-refractivity contribution < 1.29 is 4.79 Å². The van der Waals surface area contributed by atoms with Crippen LogP contribution in [-0.4, -0.2) is 28.4 Å². The molecule has 1 fully saturated rings. The number of aromatic nitrogens is 1. The van der Waals surface area contributed by atoms with Crippen LogP contribution in [0.25, 0.3) is 0 Å². The third kappa shape index (κ3) is 3.41. The Balaban J connectivity index is 2.01. The van der Waals surface area contributed by atoms with Crippen LogP contribution in [0.4, 0.5) is 5.13 Å². The summed E-state index contributed by atoms with van der Waals surface area (Å²) < 4.78 is 0. The van der Waals surface area contributed by atoms with Gasteiger partial charge < -0.3 is 11.5 Å². The third-order valence-corrected chi connectivity index (χ3v) is 3.94. The molecule has 1 aliphatic rings. The van der Waals surface area contributed by atoms with Gasteiger partial charge in [-0.05, 0) is 12.8 Å². The van der Waals surface area contributed by atoms with Gasteiger partial charge >= 0.3 is 0 Å². The molecule has 6 heteroatoms. The molecule has 0 radical (unpaired) electrons. The Hall–Kier alpha value is -1.14. The first-order chi connectivity index (χ1) is 8.15. The van der Waals surface area contributed by atoms with E-state index >= 15 is 0 Å². The summed E-state index contributed by atoms with van der Waals surface area (Å²) in [4.78, 5) is 18.4. The van der Waals surface area contributed by atoms with E-state index in [1.54, 1.807) is 6.20 Å². The first-order valence-corrected chi connectivity index (χ1v) is 6.69. The van der Waals surface area contributed by atoms with Gasteiger partial charge in [0.25, 0.3) is 0 Å². The summed E-state index contributed by atoms with van der Waals surface area (Å²) in [7, 11) is 0. The van der Waals surface area contributed by atoms with E-state index in [-0.39, 0.29) is 5.91 Å². The highest BCUT2D eigenvalue weighted by Gasteiger charge is 2.24. The number of hydrogen-bond acceptors (Lipinski definition) is 5. The lowest BCUT2D eigenvalue weighted by Gasteiger charge is -2.26. The Morgan fingerprint density at radius 1 is 1.53 bits per heavy atom. The highest BCUT2D eigenvalue weighted by Crippen LogP contribution is 2.26. The highest BCUT2D eigenvalue weighted by molar-refractivity contribution is 7.15. The minimum absolute atomic E-state index is 0.269. The molecule has 1 aromatic rings. The van der Waals surface area contributed by atoms with Crippen LogP contribution in [0.2, 0.25) is 0 Å². The van der Waals surface area contributed by atoms with Gasteiger partial charge in [-0.1, -0.05) is 12.8 Å². The van der Waals surface area contributed by atoms with Crippen LogP contribution < -0.4 is 11.5 Å². The molecule has 17 heavy (non-hydrogen) atoms. The van der Waals surface area contributed by atoms with Gasteiger partial charge in [-0.25, -0.2) is 4.98 Å². The molecule has 1 saturated carbocycles. The van der Waals surface area contributed by atoms with Gasteiger partial charge in [-0.15, -0.1) is 11.3 Å². The topological polar surface area (TPSA) is 85.2 Å². The normalized spacial score (nSPS) is 16.8. The van der Waals surface area contributed by atoms with Crippen molar-refractivity contribution in [3.63, 3.8) is 0 Å². The second-order valence-electron chi connectivity index (χ2n) is 4.47. The number of primary amides is 1. The van der Waals surface area contributed by atoms with Crippen molar-refractivity contribution >= 4 is 22.4 Å². The van der Waals surface area contributed by atoms with Crippen LogP contribution in [0.3, 0.4) is 0 Å². The van der Waals surface area contributed by atoms with Crippen molar-refractivity contribution in [1.29, 1.82) is 0 Å². The number of carbonyl (C=O) groups excluding carboxylic acids is 1. The monoisotopic (exact) mass is 254 g/mol. The van der Waals surface area contributed by atoms with Crippen molar-refractivity contribution in [1.82, 2.24) is 9.88 Å². The summed E-state index contributed by atoms with van der Waals surface area (Å²) in [6.07, 6.45) is 6.57. The van der Waals surface area contributed by atoms with Crippen LogP contribution in [0.15, 0.2) is 6.20 Å². The molecule has 0 unspecified atom stereocenters. The molecule has 0 aliphatic heterocycles. The van der Waals surface area contributed by atoms with Gasteiger partial charge in [0.1, 0.15) is 0 Å². The average molecular weight is 254 g/mol. The minimum Gasteiger partial charge on any atom is -0.375 e. The molecule has 1 amide bonds. The summed E-state index contributed by atoms with van der Waals surface area (Å²) in [6, 6.07) is 0.478.